The Hall–Kier alpha value is -2.61. The quantitative estimate of drug-likeness (QED) is 0.676. The van der Waals surface area contributed by atoms with Gasteiger partial charge in [0.05, 0.1) is 26.6 Å². The molecule has 1 aromatic heterocycles. The normalized spacial score (nSPS) is 14.5. The third-order valence-electron chi connectivity index (χ3n) is 4.32. The van der Waals surface area contributed by atoms with E-state index < -0.39 is 0 Å². The van der Waals surface area contributed by atoms with Crippen LogP contribution in [0.1, 0.15) is 5.56 Å². The molecule has 2 heterocycles. The molecule has 1 saturated heterocycles. The van der Waals surface area contributed by atoms with E-state index in [-0.39, 0.29) is 5.91 Å². The molecular formula is C19H21BrN4O3. The van der Waals surface area contributed by atoms with E-state index in [2.05, 4.69) is 30.8 Å². The van der Waals surface area contributed by atoms with Crippen molar-refractivity contribution in [3.63, 3.8) is 0 Å². The van der Waals surface area contributed by atoms with E-state index in [1.54, 1.807) is 38.8 Å². The van der Waals surface area contributed by atoms with E-state index in [0.29, 0.717) is 32.1 Å². The van der Waals surface area contributed by atoms with Crippen LogP contribution in [0.5, 0.6) is 11.6 Å². The van der Waals surface area contributed by atoms with Crippen LogP contribution in [0.4, 0.5) is 5.82 Å². The SMILES string of the molecule is COc1cncc(N2CCN(C(=O)/C=C/c3cc(Br)ccc3OC)CC2)n1. The Kier molecular flexibility index (Phi) is 6.28. The standard InChI is InChI=1S/C19H21BrN4O3/c1-26-16-5-4-15(20)11-14(16)3-6-19(25)24-9-7-23(8-10-24)17-12-21-13-18(22-17)27-2/h3-6,11-13H,7-10H2,1-2H3/b6-3+. The van der Waals surface area contributed by atoms with Gasteiger partial charge in [0.15, 0.2) is 5.82 Å². The summed E-state index contributed by atoms with van der Waals surface area (Å²) in [5.41, 5.74) is 0.852. The molecule has 1 aliphatic heterocycles. The first-order valence-electron chi connectivity index (χ1n) is 8.52. The molecule has 7 nitrogen and oxygen atoms in total. The number of amides is 1. The van der Waals surface area contributed by atoms with Gasteiger partial charge in [-0.15, -0.1) is 0 Å². The van der Waals surface area contributed by atoms with E-state index in [9.17, 15) is 4.79 Å². The van der Waals surface area contributed by atoms with E-state index in [1.807, 2.05) is 23.1 Å². The second-order valence-corrected chi connectivity index (χ2v) is 6.87. The summed E-state index contributed by atoms with van der Waals surface area (Å²) < 4.78 is 11.4. The lowest BCUT2D eigenvalue weighted by molar-refractivity contribution is -0.126. The maximum atomic E-state index is 12.5. The van der Waals surface area contributed by atoms with Gasteiger partial charge in [-0.05, 0) is 24.3 Å². The number of anilines is 1. The van der Waals surface area contributed by atoms with E-state index in [1.165, 1.54) is 0 Å². The van der Waals surface area contributed by atoms with Crippen molar-refractivity contribution >= 4 is 33.7 Å². The summed E-state index contributed by atoms with van der Waals surface area (Å²) in [4.78, 5) is 25.0. The fourth-order valence-electron chi connectivity index (χ4n) is 2.85. The molecule has 27 heavy (non-hydrogen) atoms. The van der Waals surface area contributed by atoms with Gasteiger partial charge in [-0.2, -0.15) is 4.98 Å². The summed E-state index contributed by atoms with van der Waals surface area (Å²) in [5.74, 6) is 1.95. The van der Waals surface area contributed by atoms with Gasteiger partial charge in [0, 0.05) is 42.3 Å². The number of carbonyl (C=O) groups is 1. The maximum absolute atomic E-state index is 12.5. The first-order valence-corrected chi connectivity index (χ1v) is 9.31. The number of hydrogen-bond acceptors (Lipinski definition) is 6. The average molecular weight is 433 g/mol. The van der Waals surface area contributed by atoms with Crippen molar-refractivity contribution in [2.75, 3.05) is 45.3 Å². The van der Waals surface area contributed by atoms with Crippen molar-refractivity contribution in [1.82, 2.24) is 14.9 Å². The molecule has 1 amide bonds. The number of piperazine rings is 1. The number of benzene rings is 1. The van der Waals surface area contributed by atoms with E-state index >= 15 is 0 Å². The zero-order valence-corrected chi connectivity index (χ0v) is 16.8. The second-order valence-electron chi connectivity index (χ2n) is 5.95. The molecule has 0 unspecified atom stereocenters. The van der Waals surface area contributed by atoms with Crippen LogP contribution in [0, 0.1) is 0 Å². The molecule has 1 aromatic carbocycles. The molecule has 142 valence electrons. The van der Waals surface area contributed by atoms with Crippen LogP contribution < -0.4 is 14.4 Å². The highest BCUT2D eigenvalue weighted by Crippen LogP contribution is 2.24. The Morgan fingerprint density at radius 2 is 1.93 bits per heavy atom. The summed E-state index contributed by atoms with van der Waals surface area (Å²) in [6.07, 6.45) is 6.65. The van der Waals surface area contributed by atoms with Crippen LogP contribution in [-0.2, 0) is 4.79 Å². The summed E-state index contributed by atoms with van der Waals surface area (Å²) in [6, 6.07) is 5.68. The molecule has 0 aliphatic carbocycles. The Morgan fingerprint density at radius 1 is 1.15 bits per heavy atom. The van der Waals surface area contributed by atoms with Crippen molar-refractivity contribution in [2.24, 2.45) is 0 Å². The molecule has 0 atom stereocenters. The van der Waals surface area contributed by atoms with Crippen LogP contribution in [0.25, 0.3) is 6.08 Å². The van der Waals surface area contributed by atoms with Gasteiger partial charge in [-0.25, -0.2) is 0 Å². The summed E-state index contributed by atoms with van der Waals surface area (Å²) in [5, 5.41) is 0. The lowest BCUT2D eigenvalue weighted by atomic mass is 10.2. The molecule has 8 heteroatoms. The Bertz CT molecular complexity index is 835. The molecule has 0 radical (unpaired) electrons. The number of hydrogen-bond donors (Lipinski definition) is 0. The number of rotatable bonds is 5. The Balaban J connectivity index is 1.61. The van der Waals surface area contributed by atoms with Crippen LogP contribution in [-0.4, -0.2) is 61.2 Å². The smallest absolute Gasteiger partial charge is 0.246 e. The van der Waals surface area contributed by atoms with Crippen molar-refractivity contribution in [1.29, 1.82) is 0 Å². The van der Waals surface area contributed by atoms with Crippen molar-refractivity contribution in [3.05, 3.63) is 46.7 Å². The van der Waals surface area contributed by atoms with Crippen LogP contribution >= 0.6 is 15.9 Å². The van der Waals surface area contributed by atoms with Crippen molar-refractivity contribution < 1.29 is 14.3 Å². The number of ether oxygens (including phenoxy) is 2. The third kappa shape index (κ3) is 4.77. The summed E-state index contributed by atoms with van der Waals surface area (Å²) in [6.45, 7) is 2.64. The Labute approximate surface area is 166 Å². The molecule has 2 aromatic rings. The largest absolute Gasteiger partial charge is 0.496 e. The number of methoxy groups -OCH3 is 2. The number of aromatic nitrogens is 2. The van der Waals surface area contributed by atoms with Gasteiger partial charge in [-0.3, -0.25) is 9.78 Å². The summed E-state index contributed by atoms with van der Waals surface area (Å²) in [7, 11) is 3.18. The molecule has 3 rings (SSSR count). The molecule has 0 N–H and O–H groups in total. The lowest BCUT2D eigenvalue weighted by Gasteiger charge is -2.34. The zero-order valence-electron chi connectivity index (χ0n) is 15.3. The monoisotopic (exact) mass is 432 g/mol. The van der Waals surface area contributed by atoms with E-state index in [0.717, 1.165) is 21.6 Å². The number of carbonyl (C=O) groups excluding carboxylic acids is 1. The molecule has 0 spiro atoms. The highest BCUT2D eigenvalue weighted by atomic mass is 79.9. The fourth-order valence-corrected chi connectivity index (χ4v) is 3.23. The van der Waals surface area contributed by atoms with Gasteiger partial charge in [0.2, 0.25) is 11.8 Å². The minimum atomic E-state index is -0.0200. The van der Waals surface area contributed by atoms with Crippen molar-refractivity contribution in [2.45, 2.75) is 0 Å². The number of nitrogens with zero attached hydrogens (tertiary/aromatic N) is 4. The summed E-state index contributed by atoms with van der Waals surface area (Å²) >= 11 is 3.44. The van der Waals surface area contributed by atoms with Crippen LogP contribution in [0.2, 0.25) is 0 Å². The lowest BCUT2D eigenvalue weighted by Crippen LogP contribution is -2.48. The predicted molar refractivity (Wildman–Crippen MR) is 107 cm³/mol. The predicted octanol–water partition coefficient (Wildman–Crippen LogP) is 2.62. The first-order chi connectivity index (χ1) is 13.1. The van der Waals surface area contributed by atoms with Gasteiger partial charge in [0.25, 0.3) is 0 Å². The molecule has 1 fully saturated rings. The molecule has 1 aliphatic rings. The molecular weight excluding hydrogens is 412 g/mol. The molecule has 0 saturated carbocycles. The minimum Gasteiger partial charge on any atom is -0.496 e. The van der Waals surface area contributed by atoms with E-state index in [4.69, 9.17) is 9.47 Å². The van der Waals surface area contributed by atoms with Gasteiger partial charge < -0.3 is 19.3 Å². The highest BCUT2D eigenvalue weighted by Gasteiger charge is 2.21. The van der Waals surface area contributed by atoms with Gasteiger partial charge >= 0.3 is 0 Å². The number of halogens is 1. The van der Waals surface area contributed by atoms with Gasteiger partial charge in [-0.1, -0.05) is 15.9 Å². The third-order valence-corrected chi connectivity index (χ3v) is 4.81. The van der Waals surface area contributed by atoms with Crippen LogP contribution in [0.15, 0.2) is 41.1 Å². The Morgan fingerprint density at radius 3 is 2.63 bits per heavy atom. The maximum Gasteiger partial charge on any atom is 0.246 e. The van der Waals surface area contributed by atoms with Crippen LogP contribution in [0.3, 0.4) is 0 Å². The highest BCUT2D eigenvalue weighted by molar-refractivity contribution is 9.10. The second kappa shape index (κ2) is 8.85. The van der Waals surface area contributed by atoms with Crippen molar-refractivity contribution in [3.8, 4) is 11.6 Å². The zero-order chi connectivity index (χ0) is 19.2. The minimum absolute atomic E-state index is 0.0200. The topological polar surface area (TPSA) is 67.8 Å². The van der Waals surface area contributed by atoms with Gasteiger partial charge in [0.1, 0.15) is 5.75 Å². The fraction of sp³-hybridized carbons (Fsp3) is 0.316. The molecule has 0 bridgehead atoms. The average Bonchev–Trinajstić information content (AvgIpc) is 2.72. The first kappa shape index (κ1) is 19.2.